The number of nitrogens with zero attached hydrogens (tertiary/aromatic N) is 2. The van der Waals surface area contributed by atoms with Gasteiger partial charge in [-0.1, -0.05) is 0 Å². The van der Waals surface area contributed by atoms with E-state index < -0.39 is 0 Å². The summed E-state index contributed by atoms with van der Waals surface area (Å²) >= 11 is 0. The molecule has 0 unspecified atom stereocenters. The summed E-state index contributed by atoms with van der Waals surface area (Å²) in [5, 5.41) is 2.85. The molecule has 1 aromatic rings. The molecule has 1 amide bonds. The second-order valence-corrected chi connectivity index (χ2v) is 4.36. The third-order valence-electron chi connectivity index (χ3n) is 3.05. The lowest BCUT2D eigenvalue weighted by Crippen LogP contribution is -2.34. The largest absolute Gasteiger partial charge is 0.480 e. The van der Waals surface area contributed by atoms with Crippen molar-refractivity contribution in [2.45, 2.75) is 19.4 Å². The second-order valence-electron chi connectivity index (χ2n) is 4.36. The lowest BCUT2D eigenvalue weighted by Gasteiger charge is -2.21. The van der Waals surface area contributed by atoms with E-state index in [0.29, 0.717) is 24.8 Å². The average Bonchev–Trinajstić information content (AvgIpc) is 2.46. The first-order valence-electron chi connectivity index (χ1n) is 6.21. The standard InChI is InChI=1S/C12H18N4O3/c1-18-12-9(14-7-10(13)16-12)6-15-11(17)8-2-4-19-5-3-8/h7-8H,2-6H2,1H3,(H2,13,16)(H,15,17). The summed E-state index contributed by atoms with van der Waals surface area (Å²) in [4.78, 5) is 20.1. The van der Waals surface area contributed by atoms with Gasteiger partial charge >= 0.3 is 0 Å². The van der Waals surface area contributed by atoms with Crippen LogP contribution in [0.4, 0.5) is 5.82 Å². The quantitative estimate of drug-likeness (QED) is 0.802. The number of amides is 1. The monoisotopic (exact) mass is 266 g/mol. The Bertz CT molecular complexity index is 447. The van der Waals surface area contributed by atoms with Crippen LogP contribution in [0, 0.1) is 5.92 Å². The Morgan fingerprint density at radius 2 is 2.32 bits per heavy atom. The lowest BCUT2D eigenvalue weighted by atomic mass is 9.99. The van der Waals surface area contributed by atoms with E-state index in [2.05, 4.69) is 15.3 Å². The zero-order chi connectivity index (χ0) is 13.7. The van der Waals surface area contributed by atoms with Crippen molar-refractivity contribution in [3.05, 3.63) is 11.9 Å². The molecule has 7 nitrogen and oxygen atoms in total. The Hall–Kier alpha value is -1.89. The minimum atomic E-state index is 0.0153. The molecule has 2 rings (SSSR count). The van der Waals surface area contributed by atoms with E-state index in [9.17, 15) is 4.79 Å². The Labute approximate surface area is 111 Å². The smallest absolute Gasteiger partial charge is 0.239 e. The van der Waals surface area contributed by atoms with E-state index in [4.69, 9.17) is 15.2 Å². The Balaban J connectivity index is 1.92. The number of nitrogen functional groups attached to an aromatic ring is 1. The van der Waals surface area contributed by atoms with E-state index in [-0.39, 0.29) is 24.2 Å². The van der Waals surface area contributed by atoms with Crippen molar-refractivity contribution < 1.29 is 14.3 Å². The minimum Gasteiger partial charge on any atom is -0.480 e. The molecule has 7 heteroatoms. The predicted molar refractivity (Wildman–Crippen MR) is 68.4 cm³/mol. The summed E-state index contributed by atoms with van der Waals surface area (Å²) in [6.45, 7) is 1.57. The van der Waals surface area contributed by atoms with Gasteiger partial charge in [-0.3, -0.25) is 4.79 Å². The maximum atomic E-state index is 12.0. The first kappa shape index (κ1) is 13.5. The van der Waals surface area contributed by atoms with E-state index in [1.165, 1.54) is 13.3 Å². The number of ether oxygens (including phenoxy) is 2. The van der Waals surface area contributed by atoms with E-state index in [1.54, 1.807) is 0 Å². The fourth-order valence-corrected chi connectivity index (χ4v) is 1.97. The summed E-state index contributed by atoms with van der Waals surface area (Å²) in [5.74, 6) is 0.661. The highest BCUT2D eigenvalue weighted by Gasteiger charge is 2.21. The lowest BCUT2D eigenvalue weighted by molar-refractivity contribution is -0.128. The molecule has 0 spiro atoms. The summed E-state index contributed by atoms with van der Waals surface area (Å²) in [5.41, 5.74) is 6.09. The number of methoxy groups -OCH3 is 1. The van der Waals surface area contributed by atoms with Crippen molar-refractivity contribution in [3.63, 3.8) is 0 Å². The molecule has 0 bridgehead atoms. The molecule has 1 aliphatic rings. The van der Waals surface area contributed by atoms with E-state index in [1.807, 2.05) is 0 Å². The van der Waals surface area contributed by atoms with Crippen LogP contribution < -0.4 is 15.8 Å². The van der Waals surface area contributed by atoms with Gasteiger partial charge in [0.05, 0.1) is 19.9 Å². The van der Waals surface area contributed by atoms with Crippen LogP contribution in [0.3, 0.4) is 0 Å². The molecule has 1 aromatic heterocycles. The number of aromatic nitrogens is 2. The predicted octanol–water partition coefficient (Wildman–Crippen LogP) is 0.110. The third kappa shape index (κ3) is 3.54. The zero-order valence-corrected chi connectivity index (χ0v) is 10.9. The van der Waals surface area contributed by atoms with Gasteiger partial charge in [0, 0.05) is 19.1 Å². The first-order valence-corrected chi connectivity index (χ1v) is 6.21. The summed E-state index contributed by atoms with van der Waals surface area (Å²) in [6.07, 6.45) is 2.96. The fourth-order valence-electron chi connectivity index (χ4n) is 1.97. The maximum Gasteiger partial charge on any atom is 0.239 e. The molecule has 1 saturated heterocycles. The van der Waals surface area contributed by atoms with Crippen LogP contribution in [0.5, 0.6) is 5.88 Å². The molecular formula is C12H18N4O3. The highest BCUT2D eigenvalue weighted by Crippen LogP contribution is 2.16. The number of hydrogen-bond acceptors (Lipinski definition) is 6. The van der Waals surface area contributed by atoms with E-state index >= 15 is 0 Å². The van der Waals surface area contributed by atoms with Gasteiger partial charge in [-0.15, -0.1) is 0 Å². The van der Waals surface area contributed by atoms with Gasteiger partial charge in [-0.2, -0.15) is 4.98 Å². The molecule has 0 atom stereocenters. The first-order chi connectivity index (χ1) is 9.20. The molecule has 3 N–H and O–H groups in total. The molecule has 0 aliphatic carbocycles. The highest BCUT2D eigenvalue weighted by molar-refractivity contribution is 5.78. The van der Waals surface area contributed by atoms with Gasteiger partial charge in [0.15, 0.2) is 0 Å². The van der Waals surface area contributed by atoms with Crippen molar-refractivity contribution in [1.82, 2.24) is 15.3 Å². The van der Waals surface area contributed by atoms with Crippen molar-refractivity contribution in [2.75, 3.05) is 26.1 Å². The van der Waals surface area contributed by atoms with Crippen LogP contribution >= 0.6 is 0 Å². The van der Waals surface area contributed by atoms with Crippen molar-refractivity contribution >= 4 is 11.7 Å². The zero-order valence-electron chi connectivity index (χ0n) is 10.9. The number of rotatable bonds is 4. The van der Waals surface area contributed by atoms with Crippen LogP contribution in [-0.4, -0.2) is 36.2 Å². The molecular weight excluding hydrogens is 248 g/mol. The van der Waals surface area contributed by atoms with Gasteiger partial charge in [-0.25, -0.2) is 4.98 Å². The van der Waals surface area contributed by atoms with E-state index in [0.717, 1.165) is 12.8 Å². The summed E-state index contributed by atoms with van der Waals surface area (Å²) < 4.78 is 10.3. The van der Waals surface area contributed by atoms with Gasteiger partial charge in [0.25, 0.3) is 0 Å². The van der Waals surface area contributed by atoms with Crippen molar-refractivity contribution in [1.29, 1.82) is 0 Å². The maximum absolute atomic E-state index is 12.0. The van der Waals surface area contributed by atoms with Crippen LogP contribution in [0.15, 0.2) is 6.20 Å². The Kier molecular flexibility index (Phi) is 4.51. The second kappa shape index (κ2) is 6.33. The highest BCUT2D eigenvalue weighted by atomic mass is 16.5. The summed E-state index contributed by atoms with van der Waals surface area (Å²) in [7, 11) is 1.49. The molecule has 0 saturated carbocycles. The summed E-state index contributed by atoms with van der Waals surface area (Å²) in [6, 6.07) is 0. The van der Waals surface area contributed by atoms with Gasteiger partial charge < -0.3 is 20.5 Å². The van der Waals surface area contributed by atoms with Crippen molar-refractivity contribution in [3.8, 4) is 5.88 Å². The molecule has 2 heterocycles. The molecule has 104 valence electrons. The molecule has 0 aromatic carbocycles. The number of anilines is 1. The molecule has 0 radical (unpaired) electrons. The number of hydrogen-bond donors (Lipinski definition) is 2. The average molecular weight is 266 g/mol. The molecule has 1 aliphatic heterocycles. The normalized spacial score (nSPS) is 16.1. The third-order valence-corrected chi connectivity index (χ3v) is 3.05. The van der Waals surface area contributed by atoms with Gasteiger partial charge in [-0.05, 0) is 12.8 Å². The van der Waals surface area contributed by atoms with Crippen LogP contribution in [0.2, 0.25) is 0 Å². The Morgan fingerprint density at radius 1 is 1.58 bits per heavy atom. The fraction of sp³-hybridized carbons (Fsp3) is 0.583. The minimum absolute atomic E-state index is 0.0153. The van der Waals surface area contributed by atoms with Gasteiger partial charge in [0.1, 0.15) is 11.5 Å². The van der Waals surface area contributed by atoms with Crippen LogP contribution in [0.25, 0.3) is 0 Å². The Morgan fingerprint density at radius 3 is 3.00 bits per heavy atom. The van der Waals surface area contributed by atoms with Crippen molar-refractivity contribution in [2.24, 2.45) is 5.92 Å². The number of carbonyl (C=O) groups excluding carboxylic acids is 1. The topological polar surface area (TPSA) is 99.4 Å². The molecule has 19 heavy (non-hydrogen) atoms. The van der Waals surface area contributed by atoms with Gasteiger partial charge in [0.2, 0.25) is 11.8 Å². The van der Waals surface area contributed by atoms with Crippen LogP contribution in [-0.2, 0) is 16.1 Å². The SMILES string of the molecule is COc1nc(N)cnc1CNC(=O)C1CCOCC1. The number of nitrogens with two attached hydrogens (primary N) is 1. The number of nitrogens with one attached hydrogen (secondary N) is 1. The number of carbonyl (C=O) groups is 1. The van der Waals surface area contributed by atoms with Crippen LogP contribution in [0.1, 0.15) is 18.5 Å². The molecule has 1 fully saturated rings.